The Balaban J connectivity index is 1.93. The number of ether oxygens (including phenoxy) is 1. The summed E-state index contributed by atoms with van der Waals surface area (Å²) in [6.45, 7) is 1.86. The van der Waals surface area contributed by atoms with Crippen molar-refractivity contribution in [2.24, 2.45) is 0 Å². The molecule has 1 heterocycles. The minimum Gasteiger partial charge on any atom is -0.497 e. The standard InChI is InChI=1S/C15H16N2O2S/c1-11(20-14-5-3-4-10-16-14)15(18)17-12-6-8-13(19-2)9-7-12/h3-11H,1-2H3,(H,17,18)/t11-/m0/s1. The van der Waals surface area contributed by atoms with E-state index in [1.54, 1.807) is 13.3 Å². The highest BCUT2D eigenvalue weighted by atomic mass is 32.2. The van der Waals surface area contributed by atoms with Crippen molar-refractivity contribution >= 4 is 23.4 Å². The third-order valence-corrected chi connectivity index (χ3v) is 3.71. The molecule has 0 saturated carbocycles. The van der Waals surface area contributed by atoms with Gasteiger partial charge in [-0.25, -0.2) is 4.98 Å². The molecule has 0 radical (unpaired) electrons. The maximum atomic E-state index is 12.1. The number of anilines is 1. The highest BCUT2D eigenvalue weighted by Crippen LogP contribution is 2.22. The van der Waals surface area contributed by atoms with Crippen molar-refractivity contribution in [3.8, 4) is 5.75 Å². The summed E-state index contributed by atoms with van der Waals surface area (Å²) in [6.07, 6.45) is 1.72. The SMILES string of the molecule is COc1ccc(NC(=O)[C@H](C)Sc2ccccn2)cc1. The number of amides is 1. The molecular formula is C15H16N2O2S. The van der Waals surface area contributed by atoms with Crippen molar-refractivity contribution in [3.63, 3.8) is 0 Å². The Morgan fingerprint density at radius 1 is 1.25 bits per heavy atom. The molecule has 5 heteroatoms. The molecule has 0 saturated heterocycles. The quantitative estimate of drug-likeness (QED) is 0.858. The van der Waals surface area contributed by atoms with E-state index in [0.29, 0.717) is 0 Å². The van der Waals surface area contributed by atoms with E-state index >= 15 is 0 Å². The van der Waals surface area contributed by atoms with Crippen molar-refractivity contribution in [1.82, 2.24) is 4.98 Å². The van der Waals surface area contributed by atoms with E-state index < -0.39 is 0 Å². The fourth-order valence-electron chi connectivity index (χ4n) is 1.57. The number of nitrogens with zero attached hydrogens (tertiary/aromatic N) is 1. The minimum absolute atomic E-state index is 0.0502. The summed E-state index contributed by atoms with van der Waals surface area (Å²) in [5, 5.41) is 3.49. The second-order valence-electron chi connectivity index (χ2n) is 4.15. The van der Waals surface area contributed by atoms with Gasteiger partial charge in [0, 0.05) is 11.9 Å². The van der Waals surface area contributed by atoms with Crippen LogP contribution >= 0.6 is 11.8 Å². The predicted octanol–water partition coefficient (Wildman–Crippen LogP) is 3.21. The van der Waals surface area contributed by atoms with Gasteiger partial charge in [0.05, 0.1) is 17.4 Å². The molecule has 1 aromatic heterocycles. The number of hydrogen-bond acceptors (Lipinski definition) is 4. The number of rotatable bonds is 5. The van der Waals surface area contributed by atoms with Crippen LogP contribution in [-0.2, 0) is 4.79 Å². The van der Waals surface area contributed by atoms with Crippen molar-refractivity contribution in [3.05, 3.63) is 48.7 Å². The number of nitrogens with one attached hydrogen (secondary N) is 1. The zero-order valence-electron chi connectivity index (χ0n) is 11.4. The third-order valence-electron chi connectivity index (χ3n) is 2.66. The molecule has 1 N–H and O–H groups in total. The van der Waals surface area contributed by atoms with E-state index in [1.165, 1.54) is 11.8 Å². The summed E-state index contributed by atoms with van der Waals surface area (Å²) in [6, 6.07) is 12.9. The first-order valence-corrected chi connectivity index (χ1v) is 7.09. The van der Waals surface area contributed by atoms with Crippen molar-refractivity contribution in [2.75, 3.05) is 12.4 Å². The molecule has 4 nitrogen and oxygen atoms in total. The molecule has 0 unspecified atom stereocenters. The van der Waals surface area contributed by atoms with Crippen LogP contribution < -0.4 is 10.1 Å². The first-order valence-electron chi connectivity index (χ1n) is 6.21. The summed E-state index contributed by atoms with van der Waals surface area (Å²) in [4.78, 5) is 16.3. The Labute approximate surface area is 122 Å². The lowest BCUT2D eigenvalue weighted by molar-refractivity contribution is -0.115. The molecule has 0 fully saturated rings. The molecule has 2 aromatic rings. The van der Waals surface area contributed by atoms with Gasteiger partial charge in [-0.3, -0.25) is 4.79 Å². The van der Waals surface area contributed by atoms with Crippen LogP contribution in [0.4, 0.5) is 5.69 Å². The average Bonchev–Trinajstić information content (AvgIpc) is 2.49. The second-order valence-corrected chi connectivity index (χ2v) is 5.51. The highest BCUT2D eigenvalue weighted by molar-refractivity contribution is 8.00. The lowest BCUT2D eigenvalue weighted by Gasteiger charge is -2.11. The van der Waals surface area contributed by atoms with E-state index in [4.69, 9.17) is 4.74 Å². The van der Waals surface area contributed by atoms with Crippen LogP contribution in [0.5, 0.6) is 5.75 Å². The van der Waals surface area contributed by atoms with Crippen LogP contribution in [0.3, 0.4) is 0 Å². The fourth-order valence-corrected chi connectivity index (χ4v) is 2.38. The normalized spacial score (nSPS) is 11.7. The molecule has 0 bridgehead atoms. The van der Waals surface area contributed by atoms with Crippen molar-refractivity contribution in [1.29, 1.82) is 0 Å². The molecular weight excluding hydrogens is 272 g/mol. The number of hydrogen-bond donors (Lipinski definition) is 1. The van der Waals surface area contributed by atoms with E-state index in [0.717, 1.165) is 16.5 Å². The predicted molar refractivity (Wildman–Crippen MR) is 81.2 cm³/mol. The largest absolute Gasteiger partial charge is 0.497 e. The number of pyridine rings is 1. The van der Waals surface area contributed by atoms with Gasteiger partial charge in [-0.2, -0.15) is 0 Å². The summed E-state index contributed by atoms with van der Waals surface area (Å²) >= 11 is 1.43. The van der Waals surface area contributed by atoms with Gasteiger partial charge in [0.2, 0.25) is 5.91 Å². The van der Waals surface area contributed by atoms with Gasteiger partial charge in [-0.05, 0) is 43.3 Å². The smallest absolute Gasteiger partial charge is 0.237 e. The van der Waals surface area contributed by atoms with E-state index in [1.807, 2.05) is 49.4 Å². The summed E-state index contributed by atoms with van der Waals surface area (Å²) < 4.78 is 5.08. The lowest BCUT2D eigenvalue weighted by Crippen LogP contribution is -2.22. The van der Waals surface area contributed by atoms with E-state index in [2.05, 4.69) is 10.3 Å². The number of methoxy groups -OCH3 is 1. The monoisotopic (exact) mass is 288 g/mol. The maximum absolute atomic E-state index is 12.1. The zero-order valence-corrected chi connectivity index (χ0v) is 12.2. The fraction of sp³-hybridized carbons (Fsp3) is 0.200. The second kappa shape index (κ2) is 6.96. The molecule has 104 valence electrons. The van der Waals surface area contributed by atoms with Crippen LogP contribution in [0, 0.1) is 0 Å². The Bertz CT molecular complexity index is 558. The third kappa shape index (κ3) is 3.99. The topological polar surface area (TPSA) is 51.2 Å². The first-order chi connectivity index (χ1) is 9.69. The number of aromatic nitrogens is 1. The van der Waals surface area contributed by atoms with E-state index in [-0.39, 0.29) is 11.2 Å². The Kier molecular flexibility index (Phi) is 5.01. The van der Waals surface area contributed by atoms with Gasteiger partial charge in [0.25, 0.3) is 0 Å². The molecule has 0 aliphatic rings. The first kappa shape index (κ1) is 14.4. The van der Waals surface area contributed by atoms with E-state index in [9.17, 15) is 4.79 Å². The molecule has 0 spiro atoms. The van der Waals surface area contributed by atoms with Gasteiger partial charge in [-0.1, -0.05) is 17.8 Å². The summed E-state index contributed by atoms with van der Waals surface area (Å²) in [7, 11) is 1.61. The minimum atomic E-state index is -0.216. The van der Waals surface area contributed by atoms with Gasteiger partial charge >= 0.3 is 0 Å². The van der Waals surface area contributed by atoms with Gasteiger partial charge in [-0.15, -0.1) is 0 Å². The molecule has 1 atom stereocenters. The number of thioether (sulfide) groups is 1. The molecule has 2 rings (SSSR count). The Morgan fingerprint density at radius 2 is 2.00 bits per heavy atom. The average molecular weight is 288 g/mol. The highest BCUT2D eigenvalue weighted by Gasteiger charge is 2.15. The van der Waals surface area contributed by atoms with Crippen LogP contribution in [0.25, 0.3) is 0 Å². The van der Waals surface area contributed by atoms with Crippen LogP contribution in [0.15, 0.2) is 53.7 Å². The van der Waals surface area contributed by atoms with Gasteiger partial charge in [0.1, 0.15) is 5.75 Å². The van der Waals surface area contributed by atoms with Crippen LogP contribution in [-0.4, -0.2) is 23.3 Å². The Hall–Kier alpha value is -2.01. The number of carbonyl (C=O) groups excluding carboxylic acids is 1. The van der Waals surface area contributed by atoms with Crippen molar-refractivity contribution in [2.45, 2.75) is 17.2 Å². The van der Waals surface area contributed by atoms with Crippen LogP contribution in [0.1, 0.15) is 6.92 Å². The maximum Gasteiger partial charge on any atom is 0.237 e. The summed E-state index contributed by atoms with van der Waals surface area (Å²) in [5.41, 5.74) is 0.754. The Morgan fingerprint density at radius 3 is 2.60 bits per heavy atom. The van der Waals surface area contributed by atoms with Crippen LogP contribution in [0.2, 0.25) is 0 Å². The van der Waals surface area contributed by atoms with Crippen molar-refractivity contribution < 1.29 is 9.53 Å². The number of benzene rings is 1. The number of carbonyl (C=O) groups is 1. The van der Waals surface area contributed by atoms with Gasteiger partial charge < -0.3 is 10.1 Å². The van der Waals surface area contributed by atoms with Gasteiger partial charge in [0.15, 0.2) is 0 Å². The molecule has 0 aliphatic carbocycles. The summed E-state index contributed by atoms with van der Waals surface area (Å²) in [5.74, 6) is 0.713. The molecule has 0 aliphatic heterocycles. The zero-order chi connectivity index (χ0) is 14.4. The molecule has 1 aromatic carbocycles. The molecule has 20 heavy (non-hydrogen) atoms. The lowest BCUT2D eigenvalue weighted by atomic mass is 10.3. The molecule has 1 amide bonds.